The van der Waals surface area contributed by atoms with Crippen LogP contribution in [0.4, 0.5) is 0 Å². The van der Waals surface area contributed by atoms with Crippen molar-refractivity contribution >= 4 is 0 Å². The van der Waals surface area contributed by atoms with Crippen molar-refractivity contribution in [3.63, 3.8) is 0 Å². The highest BCUT2D eigenvalue weighted by atomic mass is 14.8. The molecule has 2 heteroatoms. The molecule has 0 saturated heterocycles. The zero-order valence-electron chi connectivity index (χ0n) is 7.28. The topological polar surface area (TPSA) is 38.0 Å². The van der Waals surface area contributed by atoms with Crippen LogP contribution in [0.15, 0.2) is 23.0 Å². The normalized spacial score (nSPS) is 19.3. The van der Waals surface area contributed by atoms with Crippen LogP contribution < -0.4 is 11.1 Å². The van der Waals surface area contributed by atoms with E-state index in [0.29, 0.717) is 0 Å². The molecule has 0 bridgehead atoms. The fraction of sp³-hybridized carbons (Fsp3) is 0.556. The van der Waals surface area contributed by atoms with Gasteiger partial charge in [-0.15, -0.1) is 0 Å². The van der Waals surface area contributed by atoms with E-state index in [2.05, 4.69) is 12.2 Å². The molecule has 0 heterocycles. The molecule has 62 valence electrons. The molecule has 0 radical (unpaired) electrons. The standard InChI is InChI=1S/C9H16N2/c1-7-4-3-5-8(11-2)6-9(7)10/h6,11H,3-5,10H2,1-2H3. The Bertz CT molecular complexity index is 202. The van der Waals surface area contributed by atoms with E-state index in [0.717, 1.165) is 18.5 Å². The molecule has 0 spiro atoms. The zero-order valence-corrected chi connectivity index (χ0v) is 7.28. The van der Waals surface area contributed by atoms with Crippen LogP contribution >= 0.6 is 0 Å². The second kappa shape index (κ2) is 3.46. The summed E-state index contributed by atoms with van der Waals surface area (Å²) in [5.41, 5.74) is 9.31. The van der Waals surface area contributed by atoms with E-state index in [1.807, 2.05) is 13.1 Å². The Morgan fingerprint density at radius 2 is 2.18 bits per heavy atom. The lowest BCUT2D eigenvalue weighted by Gasteiger charge is -2.01. The second-order valence-electron chi connectivity index (χ2n) is 3.01. The lowest BCUT2D eigenvalue weighted by molar-refractivity contribution is 0.766. The highest BCUT2D eigenvalue weighted by Crippen LogP contribution is 2.17. The molecule has 1 aliphatic rings. The average molecular weight is 152 g/mol. The maximum absolute atomic E-state index is 5.81. The quantitative estimate of drug-likeness (QED) is 0.597. The first kappa shape index (κ1) is 8.18. The molecule has 3 N–H and O–H groups in total. The van der Waals surface area contributed by atoms with Crippen LogP contribution in [0.5, 0.6) is 0 Å². The van der Waals surface area contributed by atoms with Gasteiger partial charge in [0, 0.05) is 18.4 Å². The molecule has 0 atom stereocenters. The van der Waals surface area contributed by atoms with Gasteiger partial charge in [0.05, 0.1) is 0 Å². The van der Waals surface area contributed by atoms with Crippen molar-refractivity contribution in [2.24, 2.45) is 5.73 Å². The SMILES string of the molecule is CNC1=CC(N)=C(C)CCC1. The molecule has 1 rings (SSSR count). The molecule has 0 amide bonds. The van der Waals surface area contributed by atoms with Gasteiger partial charge < -0.3 is 11.1 Å². The van der Waals surface area contributed by atoms with Gasteiger partial charge in [-0.1, -0.05) is 5.57 Å². The molecule has 0 aromatic rings. The first-order valence-electron chi connectivity index (χ1n) is 4.07. The van der Waals surface area contributed by atoms with Crippen molar-refractivity contribution in [1.29, 1.82) is 0 Å². The predicted octanol–water partition coefficient (Wildman–Crippen LogP) is 1.51. The number of hydrogen-bond donors (Lipinski definition) is 2. The molecule has 0 aromatic carbocycles. The Kier molecular flexibility index (Phi) is 2.58. The van der Waals surface area contributed by atoms with Crippen LogP contribution in [0.25, 0.3) is 0 Å². The first-order valence-corrected chi connectivity index (χ1v) is 4.07. The summed E-state index contributed by atoms with van der Waals surface area (Å²) in [5, 5.41) is 3.14. The number of rotatable bonds is 1. The molecular weight excluding hydrogens is 136 g/mol. The van der Waals surface area contributed by atoms with E-state index in [1.54, 1.807) is 0 Å². The third kappa shape index (κ3) is 2.00. The Morgan fingerprint density at radius 1 is 1.45 bits per heavy atom. The highest BCUT2D eigenvalue weighted by Gasteiger charge is 2.04. The summed E-state index contributed by atoms with van der Waals surface area (Å²) in [5.74, 6) is 0. The zero-order chi connectivity index (χ0) is 8.27. The fourth-order valence-corrected chi connectivity index (χ4v) is 1.27. The van der Waals surface area contributed by atoms with Crippen molar-refractivity contribution in [3.05, 3.63) is 23.0 Å². The number of nitrogens with two attached hydrogens (primary N) is 1. The van der Waals surface area contributed by atoms with Gasteiger partial charge >= 0.3 is 0 Å². The summed E-state index contributed by atoms with van der Waals surface area (Å²) in [4.78, 5) is 0. The molecule has 1 aliphatic carbocycles. The molecular formula is C9H16N2. The maximum Gasteiger partial charge on any atom is 0.0320 e. The van der Waals surface area contributed by atoms with Gasteiger partial charge in [0.1, 0.15) is 0 Å². The van der Waals surface area contributed by atoms with Crippen molar-refractivity contribution in [1.82, 2.24) is 5.32 Å². The molecule has 11 heavy (non-hydrogen) atoms. The summed E-state index contributed by atoms with van der Waals surface area (Å²) in [6, 6.07) is 0. The minimum atomic E-state index is 0.937. The van der Waals surface area contributed by atoms with Crippen molar-refractivity contribution < 1.29 is 0 Å². The van der Waals surface area contributed by atoms with Crippen molar-refractivity contribution in [3.8, 4) is 0 Å². The number of hydrogen-bond acceptors (Lipinski definition) is 2. The summed E-state index contributed by atoms with van der Waals surface area (Å²) >= 11 is 0. The lowest BCUT2D eigenvalue weighted by Crippen LogP contribution is -2.06. The van der Waals surface area contributed by atoms with Crippen LogP contribution in [0.2, 0.25) is 0 Å². The summed E-state index contributed by atoms with van der Waals surface area (Å²) in [6.07, 6.45) is 5.50. The van der Waals surface area contributed by atoms with Gasteiger partial charge in [0.2, 0.25) is 0 Å². The summed E-state index contributed by atoms with van der Waals surface area (Å²) < 4.78 is 0. The van der Waals surface area contributed by atoms with E-state index in [9.17, 15) is 0 Å². The van der Waals surface area contributed by atoms with Crippen LogP contribution in [0.3, 0.4) is 0 Å². The molecule has 0 saturated carbocycles. The molecule has 0 aliphatic heterocycles. The summed E-state index contributed by atoms with van der Waals surface area (Å²) in [6.45, 7) is 2.10. The monoisotopic (exact) mass is 152 g/mol. The van der Waals surface area contributed by atoms with E-state index in [1.165, 1.54) is 17.7 Å². The maximum atomic E-state index is 5.81. The van der Waals surface area contributed by atoms with Crippen LogP contribution in [0, 0.1) is 0 Å². The largest absolute Gasteiger partial charge is 0.399 e. The van der Waals surface area contributed by atoms with Crippen LogP contribution in [0.1, 0.15) is 26.2 Å². The Hall–Kier alpha value is -0.920. The van der Waals surface area contributed by atoms with E-state index < -0.39 is 0 Å². The van der Waals surface area contributed by atoms with Gasteiger partial charge in [-0.25, -0.2) is 0 Å². The lowest BCUT2D eigenvalue weighted by atomic mass is 10.1. The summed E-state index contributed by atoms with van der Waals surface area (Å²) in [7, 11) is 1.94. The Balaban J connectivity index is 2.79. The van der Waals surface area contributed by atoms with Crippen molar-refractivity contribution in [2.45, 2.75) is 26.2 Å². The highest BCUT2D eigenvalue weighted by molar-refractivity contribution is 5.26. The molecule has 0 aromatic heterocycles. The molecule has 2 nitrogen and oxygen atoms in total. The number of nitrogens with one attached hydrogen (secondary N) is 1. The van der Waals surface area contributed by atoms with Gasteiger partial charge in [-0.05, 0) is 32.3 Å². The van der Waals surface area contributed by atoms with E-state index in [4.69, 9.17) is 5.73 Å². The van der Waals surface area contributed by atoms with Crippen LogP contribution in [-0.4, -0.2) is 7.05 Å². The fourth-order valence-electron chi connectivity index (χ4n) is 1.27. The Morgan fingerprint density at radius 3 is 2.82 bits per heavy atom. The van der Waals surface area contributed by atoms with Gasteiger partial charge in [0.25, 0.3) is 0 Å². The Labute approximate surface area is 68.2 Å². The second-order valence-corrected chi connectivity index (χ2v) is 3.01. The third-order valence-corrected chi connectivity index (χ3v) is 2.14. The van der Waals surface area contributed by atoms with E-state index in [-0.39, 0.29) is 0 Å². The van der Waals surface area contributed by atoms with Crippen LogP contribution in [-0.2, 0) is 0 Å². The van der Waals surface area contributed by atoms with Gasteiger partial charge in [0.15, 0.2) is 0 Å². The van der Waals surface area contributed by atoms with Crippen molar-refractivity contribution in [2.75, 3.05) is 7.05 Å². The van der Waals surface area contributed by atoms with Gasteiger partial charge in [-0.3, -0.25) is 0 Å². The predicted molar refractivity (Wildman–Crippen MR) is 47.9 cm³/mol. The first-order chi connectivity index (χ1) is 5.24. The average Bonchev–Trinajstić information content (AvgIpc) is 2.15. The van der Waals surface area contributed by atoms with Gasteiger partial charge in [-0.2, -0.15) is 0 Å². The minimum absolute atomic E-state index is 0.937. The third-order valence-electron chi connectivity index (χ3n) is 2.14. The molecule has 0 unspecified atom stereocenters. The van der Waals surface area contributed by atoms with E-state index >= 15 is 0 Å². The smallest absolute Gasteiger partial charge is 0.0320 e. The number of allylic oxidation sites excluding steroid dienone is 3. The molecule has 0 fully saturated rings. The minimum Gasteiger partial charge on any atom is -0.399 e.